The summed E-state index contributed by atoms with van der Waals surface area (Å²) in [7, 11) is 0. The van der Waals surface area contributed by atoms with Crippen molar-refractivity contribution >= 4 is 5.97 Å². The lowest BCUT2D eigenvalue weighted by atomic mass is 10.1. The van der Waals surface area contributed by atoms with Crippen LogP contribution < -0.4 is 10.5 Å². The molecule has 4 nitrogen and oxygen atoms in total. The van der Waals surface area contributed by atoms with E-state index in [1.54, 1.807) is 12.1 Å². The largest absolute Gasteiger partial charge is 0.427 e. The van der Waals surface area contributed by atoms with Crippen molar-refractivity contribution in [1.82, 2.24) is 0 Å². The second-order valence-electron chi connectivity index (χ2n) is 3.38. The maximum absolute atomic E-state index is 10.6. The molecule has 15 heavy (non-hydrogen) atoms. The Hall–Kier alpha value is -1.39. The van der Waals surface area contributed by atoms with Gasteiger partial charge in [-0.2, -0.15) is 0 Å². The van der Waals surface area contributed by atoms with Crippen molar-refractivity contribution in [2.75, 3.05) is 6.61 Å². The Morgan fingerprint density at radius 3 is 2.53 bits per heavy atom. The third-order valence-electron chi connectivity index (χ3n) is 1.92. The predicted octanol–water partition coefficient (Wildman–Crippen LogP) is 0.474. The van der Waals surface area contributed by atoms with E-state index >= 15 is 0 Å². The number of ether oxygens (including phenoxy) is 1. The molecule has 1 aromatic carbocycles. The summed E-state index contributed by atoms with van der Waals surface area (Å²) in [5.41, 5.74) is 6.60. The van der Waals surface area contributed by atoms with Crippen LogP contribution in [0.2, 0.25) is 0 Å². The molecule has 0 aliphatic carbocycles. The van der Waals surface area contributed by atoms with Gasteiger partial charge in [0.15, 0.2) is 0 Å². The average molecular weight is 209 g/mol. The van der Waals surface area contributed by atoms with Gasteiger partial charge in [-0.15, -0.1) is 0 Å². The second-order valence-corrected chi connectivity index (χ2v) is 3.38. The molecular formula is C11H15NO3. The van der Waals surface area contributed by atoms with Crippen LogP contribution in [0.5, 0.6) is 5.75 Å². The first-order chi connectivity index (χ1) is 7.11. The minimum atomic E-state index is -0.338. The lowest BCUT2D eigenvalue weighted by Crippen LogP contribution is -2.26. The fourth-order valence-corrected chi connectivity index (χ4v) is 1.23. The minimum absolute atomic E-state index is 0.0360. The number of rotatable bonds is 4. The molecule has 0 aromatic heterocycles. The smallest absolute Gasteiger partial charge is 0.308 e. The van der Waals surface area contributed by atoms with E-state index in [1.807, 2.05) is 12.1 Å². The Bertz CT molecular complexity index is 321. The number of aliphatic hydroxyl groups is 1. The Morgan fingerprint density at radius 1 is 1.47 bits per heavy atom. The molecule has 0 aliphatic rings. The second kappa shape index (κ2) is 5.48. The number of hydrogen-bond donors (Lipinski definition) is 2. The molecule has 0 saturated heterocycles. The zero-order valence-electron chi connectivity index (χ0n) is 8.64. The number of carbonyl (C=O) groups is 1. The molecule has 4 heteroatoms. The lowest BCUT2D eigenvalue weighted by Gasteiger charge is -2.08. The van der Waals surface area contributed by atoms with Crippen LogP contribution in [0.4, 0.5) is 0 Å². The summed E-state index contributed by atoms with van der Waals surface area (Å²) in [6, 6.07) is 6.83. The molecule has 3 N–H and O–H groups in total. The summed E-state index contributed by atoms with van der Waals surface area (Å²) in [4.78, 5) is 10.6. The minimum Gasteiger partial charge on any atom is -0.427 e. The van der Waals surface area contributed by atoms with Crippen molar-refractivity contribution in [2.45, 2.75) is 19.4 Å². The van der Waals surface area contributed by atoms with E-state index in [1.165, 1.54) is 6.92 Å². The molecule has 0 spiro atoms. The van der Waals surface area contributed by atoms with Gasteiger partial charge in [0.2, 0.25) is 0 Å². The first-order valence-corrected chi connectivity index (χ1v) is 4.75. The highest BCUT2D eigenvalue weighted by Gasteiger charge is 2.03. The highest BCUT2D eigenvalue weighted by molar-refractivity contribution is 5.69. The van der Waals surface area contributed by atoms with Crippen LogP contribution in [0.1, 0.15) is 12.5 Å². The molecule has 0 fully saturated rings. The van der Waals surface area contributed by atoms with E-state index in [0.717, 1.165) is 5.56 Å². The molecule has 0 bridgehead atoms. The Morgan fingerprint density at radius 2 is 2.07 bits per heavy atom. The monoisotopic (exact) mass is 209 g/mol. The molecule has 82 valence electrons. The van der Waals surface area contributed by atoms with Crippen LogP contribution in [0.25, 0.3) is 0 Å². The van der Waals surface area contributed by atoms with E-state index in [0.29, 0.717) is 12.2 Å². The van der Waals surface area contributed by atoms with Crippen LogP contribution in [0.3, 0.4) is 0 Å². The first-order valence-electron chi connectivity index (χ1n) is 4.75. The average Bonchev–Trinajstić information content (AvgIpc) is 2.20. The van der Waals surface area contributed by atoms with Gasteiger partial charge in [0.25, 0.3) is 0 Å². The molecule has 0 saturated carbocycles. The summed E-state index contributed by atoms with van der Waals surface area (Å²) in [5, 5.41) is 8.78. The number of esters is 1. The summed E-state index contributed by atoms with van der Waals surface area (Å²) >= 11 is 0. The van der Waals surface area contributed by atoms with Crippen molar-refractivity contribution in [3.05, 3.63) is 29.8 Å². The summed E-state index contributed by atoms with van der Waals surface area (Å²) in [5.74, 6) is 0.179. The standard InChI is InChI=1S/C11H15NO3/c1-8(14)15-11-4-2-9(3-5-11)6-10(12)7-13/h2-5,10,13H,6-7,12H2,1H3. The van der Waals surface area contributed by atoms with Crippen LogP contribution in [-0.2, 0) is 11.2 Å². The van der Waals surface area contributed by atoms with Crippen LogP contribution >= 0.6 is 0 Å². The zero-order valence-corrected chi connectivity index (χ0v) is 8.64. The molecule has 0 aliphatic heterocycles. The highest BCUT2D eigenvalue weighted by atomic mass is 16.5. The number of nitrogens with two attached hydrogens (primary N) is 1. The predicted molar refractivity (Wildman–Crippen MR) is 56.5 cm³/mol. The summed E-state index contributed by atoms with van der Waals surface area (Å²) in [6.45, 7) is 1.32. The number of aliphatic hydroxyl groups excluding tert-OH is 1. The van der Waals surface area contributed by atoms with Crippen molar-refractivity contribution in [1.29, 1.82) is 0 Å². The van der Waals surface area contributed by atoms with Gasteiger partial charge in [-0.1, -0.05) is 12.1 Å². The SMILES string of the molecule is CC(=O)Oc1ccc(CC(N)CO)cc1. The van der Waals surface area contributed by atoms with Crippen LogP contribution in [-0.4, -0.2) is 23.7 Å². The van der Waals surface area contributed by atoms with Gasteiger partial charge in [0, 0.05) is 13.0 Å². The van der Waals surface area contributed by atoms with Crippen LogP contribution in [0.15, 0.2) is 24.3 Å². The highest BCUT2D eigenvalue weighted by Crippen LogP contribution is 2.13. The van der Waals surface area contributed by atoms with Gasteiger partial charge in [-0.3, -0.25) is 4.79 Å². The summed E-state index contributed by atoms with van der Waals surface area (Å²) < 4.78 is 4.88. The van der Waals surface area contributed by atoms with Gasteiger partial charge in [0.05, 0.1) is 6.61 Å². The molecule has 1 unspecified atom stereocenters. The van der Waals surface area contributed by atoms with Gasteiger partial charge < -0.3 is 15.6 Å². The molecule has 0 heterocycles. The molecule has 1 atom stereocenters. The van der Waals surface area contributed by atoms with Gasteiger partial charge in [-0.25, -0.2) is 0 Å². The Kier molecular flexibility index (Phi) is 4.27. The lowest BCUT2D eigenvalue weighted by molar-refractivity contribution is -0.131. The Labute approximate surface area is 88.7 Å². The van der Waals surface area contributed by atoms with Crippen LogP contribution in [0, 0.1) is 0 Å². The van der Waals surface area contributed by atoms with E-state index in [2.05, 4.69) is 0 Å². The van der Waals surface area contributed by atoms with Gasteiger partial charge >= 0.3 is 5.97 Å². The van der Waals surface area contributed by atoms with E-state index < -0.39 is 0 Å². The van der Waals surface area contributed by atoms with Crippen molar-refractivity contribution < 1.29 is 14.6 Å². The van der Waals surface area contributed by atoms with Crippen molar-refractivity contribution in [3.63, 3.8) is 0 Å². The number of hydrogen-bond acceptors (Lipinski definition) is 4. The third-order valence-corrected chi connectivity index (χ3v) is 1.92. The zero-order chi connectivity index (χ0) is 11.3. The Balaban J connectivity index is 2.60. The number of benzene rings is 1. The quantitative estimate of drug-likeness (QED) is 0.558. The topological polar surface area (TPSA) is 72.5 Å². The van der Waals surface area contributed by atoms with E-state index in [9.17, 15) is 4.79 Å². The first kappa shape index (κ1) is 11.7. The van der Waals surface area contributed by atoms with Crippen molar-refractivity contribution in [3.8, 4) is 5.75 Å². The molecular weight excluding hydrogens is 194 g/mol. The van der Waals surface area contributed by atoms with Crippen molar-refractivity contribution in [2.24, 2.45) is 5.73 Å². The maximum atomic E-state index is 10.6. The third kappa shape index (κ3) is 4.10. The molecule has 1 rings (SSSR count). The fourth-order valence-electron chi connectivity index (χ4n) is 1.23. The normalized spacial score (nSPS) is 12.2. The molecule has 1 aromatic rings. The van der Waals surface area contributed by atoms with Gasteiger partial charge in [0.1, 0.15) is 5.75 Å². The fraction of sp³-hybridized carbons (Fsp3) is 0.364. The van der Waals surface area contributed by atoms with Gasteiger partial charge in [-0.05, 0) is 24.1 Å². The van der Waals surface area contributed by atoms with E-state index in [-0.39, 0.29) is 18.6 Å². The molecule has 0 radical (unpaired) electrons. The molecule has 0 amide bonds. The summed E-state index contributed by atoms with van der Waals surface area (Å²) in [6.07, 6.45) is 0.608. The van der Waals surface area contributed by atoms with E-state index in [4.69, 9.17) is 15.6 Å². The number of carbonyl (C=O) groups excluding carboxylic acids is 1. The maximum Gasteiger partial charge on any atom is 0.308 e.